The van der Waals surface area contributed by atoms with Gasteiger partial charge in [-0.15, -0.1) is 0 Å². The summed E-state index contributed by atoms with van der Waals surface area (Å²) in [6.45, 7) is 0. The SMILES string of the molecule is O=P(O)(O)O.O=P(O)(O)O.O=P(O)(O)O.[Zn].[Zn]. The molecule has 0 saturated carbocycles. The number of rotatable bonds is 0. The molecule has 0 heterocycles. The maximum atomic E-state index is 8.88. The Bertz CT molecular complexity index is 206. The molecule has 0 aromatic rings. The average Bonchev–Trinajstić information content (AvgIpc) is 1.41. The van der Waals surface area contributed by atoms with Crippen LogP contribution in [0.2, 0.25) is 0 Å². The first-order chi connectivity index (χ1) is 6.00. The molecule has 0 amide bonds. The van der Waals surface area contributed by atoms with E-state index < -0.39 is 23.5 Å². The van der Waals surface area contributed by atoms with Gasteiger partial charge < -0.3 is 44.0 Å². The van der Waals surface area contributed by atoms with Crippen LogP contribution in [0.15, 0.2) is 0 Å². The molecular formula is H9O12P3Zn2. The van der Waals surface area contributed by atoms with Gasteiger partial charge in [0, 0.05) is 39.0 Å². The molecule has 0 aliphatic rings. The van der Waals surface area contributed by atoms with Crippen molar-refractivity contribution in [3.05, 3.63) is 0 Å². The largest absolute Gasteiger partial charge is 0.466 e. The fourth-order valence-electron chi connectivity index (χ4n) is 0. The molecule has 0 aliphatic heterocycles. The van der Waals surface area contributed by atoms with E-state index in [1.54, 1.807) is 0 Å². The van der Waals surface area contributed by atoms with Crippen LogP contribution >= 0.6 is 23.5 Å². The smallest absolute Gasteiger partial charge is 0.303 e. The summed E-state index contributed by atoms with van der Waals surface area (Å²) in [5, 5.41) is 0. The number of hydrogen-bond acceptors (Lipinski definition) is 3. The van der Waals surface area contributed by atoms with Gasteiger partial charge in [-0.3, -0.25) is 0 Å². The summed E-state index contributed by atoms with van der Waals surface area (Å²) in [5.41, 5.74) is 0. The maximum Gasteiger partial charge on any atom is 0.466 e. The Balaban J connectivity index is -0.0000000400. The van der Waals surface area contributed by atoms with Crippen molar-refractivity contribution in [2.24, 2.45) is 0 Å². The van der Waals surface area contributed by atoms with E-state index in [2.05, 4.69) is 0 Å². The van der Waals surface area contributed by atoms with Gasteiger partial charge in [0.1, 0.15) is 0 Å². The van der Waals surface area contributed by atoms with Gasteiger partial charge in [-0.2, -0.15) is 0 Å². The van der Waals surface area contributed by atoms with Gasteiger partial charge in [0.2, 0.25) is 0 Å². The van der Waals surface area contributed by atoms with Gasteiger partial charge in [0.15, 0.2) is 0 Å². The van der Waals surface area contributed by atoms with Crippen molar-refractivity contribution >= 4 is 23.5 Å². The summed E-state index contributed by atoms with van der Waals surface area (Å²) in [5.74, 6) is 0. The van der Waals surface area contributed by atoms with Crippen LogP contribution in [-0.2, 0) is 52.7 Å². The Morgan fingerprint density at radius 2 is 0.412 bits per heavy atom. The molecule has 0 radical (unpaired) electrons. The van der Waals surface area contributed by atoms with Gasteiger partial charge in [-0.1, -0.05) is 0 Å². The summed E-state index contributed by atoms with van der Waals surface area (Å²) in [4.78, 5) is 64.7. The third kappa shape index (κ3) is 1720. The molecular weight excluding hydrogens is 416 g/mol. The molecule has 0 spiro atoms. The van der Waals surface area contributed by atoms with Crippen LogP contribution in [0.25, 0.3) is 0 Å². The van der Waals surface area contributed by atoms with Gasteiger partial charge in [0.05, 0.1) is 0 Å². The van der Waals surface area contributed by atoms with E-state index in [1.807, 2.05) is 0 Å². The number of hydrogen-bond donors (Lipinski definition) is 9. The van der Waals surface area contributed by atoms with Gasteiger partial charge in [0.25, 0.3) is 0 Å². The van der Waals surface area contributed by atoms with Crippen molar-refractivity contribution in [3.8, 4) is 0 Å². The summed E-state index contributed by atoms with van der Waals surface area (Å²) in [7, 11) is -13.9. The van der Waals surface area contributed by atoms with Crippen LogP contribution in [0.1, 0.15) is 0 Å². The summed E-state index contributed by atoms with van der Waals surface area (Å²) in [6.07, 6.45) is 0. The molecule has 17 heavy (non-hydrogen) atoms. The van der Waals surface area contributed by atoms with Gasteiger partial charge >= 0.3 is 23.5 Å². The summed E-state index contributed by atoms with van der Waals surface area (Å²) in [6, 6.07) is 0. The molecule has 9 N–H and O–H groups in total. The van der Waals surface area contributed by atoms with E-state index in [-0.39, 0.29) is 39.0 Å². The predicted molar refractivity (Wildman–Crippen MR) is 42.8 cm³/mol. The van der Waals surface area contributed by atoms with Crippen LogP contribution in [-0.4, -0.2) is 44.0 Å². The zero-order valence-electron chi connectivity index (χ0n) is 8.01. The normalized spacial score (nSPS) is 10.4. The van der Waals surface area contributed by atoms with Crippen LogP contribution in [0, 0.1) is 0 Å². The Morgan fingerprint density at radius 1 is 0.412 bits per heavy atom. The second kappa shape index (κ2) is 12.6. The fraction of sp³-hybridized carbons (Fsp3) is 0. The summed E-state index contributed by atoms with van der Waals surface area (Å²) < 4.78 is 26.6. The van der Waals surface area contributed by atoms with Gasteiger partial charge in [-0.05, 0) is 0 Å². The predicted octanol–water partition coefficient (Wildman–Crippen LogP) is -2.79. The van der Waals surface area contributed by atoms with E-state index in [9.17, 15) is 0 Å². The zero-order valence-corrected chi connectivity index (χ0v) is 16.6. The molecule has 0 fully saturated rings. The molecule has 0 bridgehead atoms. The third-order valence-electron chi connectivity index (χ3n) is 0. The molecule has 0 saturated heterocycles. The van der Waals surface area contributed by atoms with E-state index in [0.29, 0.717) is 0 Å². The molecule has 12 nitrogen and oxygen atoms in total. The molecule has 0 atom stereocenters. The molecule has 0 aliphatic carbocycles. The first kappa shape index (κ1) is 31.1. The summed E-state index contributed by atoms with van der Waals surface area (Å²) >= 11 is 0. The van der Waals surface area contributed by atoms with Gasteiger partial charge in [-0.25, -0.2) is 13.7 Å². The fourth-order valence-corrected chi connectivity index (χ4v) is 0. The van der Waals surface area contributed by atoms with Crippen molar-refractivity contribution in [1.29, 1.82) is 0 Å². The minimum Gasteiger partial charge on any atom is -0.303 e. The molecule has 0 aromatic carbocycles. The Kier molecular flexibility index (Phi) is 23.1. The van der Waals surface area contributed by atoms with Crippen LogP contribution in [0.4, 0.5) is 0 Å². The average molecular weight is 425 g/mol. The topological polar surface area (TPSA) is 233 Å². The van der Waals surface area contributed by atoms with E-state index in [1.165, 1.54) is 0 Å². The van der Waals surface area contributed by atoms with Crippen molar-refractivity contribution in [3.63, 3.8) is 0 Å². The maximum absolute atomic E-state index is 8.88. The quantitative estimate of drug-likeness (QED) is 0.142. The van der Waals surface area contributed by atoms with Crippen LogP contribution in [0.3, 0.4) is 0 Å². The molecule has 0 unspecified atom stereocenters. The minimum absolute atomic E-state index is 0. The van der Waals surface area contributed by atoms with Crippen molar-refractivity contribution in [2.75, 3.05) is 0 Å². The second-order valence-corrected chi connectivity index (χ2v) is 4.62. The Morgan fingerprint density at radius 3 is 0.412 bits per heavy atom. The standard InChI is InChI=1S/3H3O4P.2Zn/c3*1-5(2,3)4;;/h3*(H3,1,2,3,4);;. The van der Waals surface area contributed by atoms with Crippen molar-refractivity contribution in [1.82, 2.24) is 0 Å². The monoisotopic (exact) mass is 422 g/mol. The third-order valence-corrected chi connectivity index (χ3v) is 0. The minimum atomic E-state index is -4.64. The van der Waals surface area contributed by atoms with Crippen molar-refractivity contribution < 1.29 is 96.7 Å². The molecule has 17 heteroatoms. The Hall–Kier alpha value is 1.58. The first-order valence-electron chi connectivity index (χ1n) is 2.35. The van der Waals surface area contributed by atoms with Crippen LogP contribution in [0.5, 0.6) is 0 Å². The van der Waals surface area contributed by atoms with E-state index in [4.69, 9.17) is 57.7 Å². The molecule has 0 aromatic heterocycles. The second-order valence-electron chi connectivity index (χ2n) is 1.54. The van der Waals surface area contributed by atoms with Crippen LogP contribution < -0.4 is 0 Å². The van der Waals surface area contributed by atoms with Crippen molar-refractivity contribution in [2.45, 2.75) is 0 Å². The molecule has 100 valence electrons. The zero-order chi connectivity index (χ0) is 13.5. The van der Waals surface area contributed by atoms with E-state index >= 15 is 0 Å². The number of phosphoric acid groups is 3. The Labute approximate surface area is 120 Å². The first-order valence-corrected chi connectivity index (χ1v) is 7.04. The van der Waals surface area contributed by atoms with E-state index in [0.717, 1.165) is 0 Å². The molecule has 0 rings (SSSR count).